The Bertz CT molecular complexity index is 1070. The van der Waals surface area contributed by atoms with E-state index in [1.165, 1.54) is 0 Å². The molecule has 1 aliphatic carbocycles. The number of nitrogens with zero attached hydrogens (tertiary/aromatic N) is 1. The lowest BCUT2D eigenvalue weighted by atomic mass is 10.1. The Balaban J connectivity index is 1.68. The lowest BCUT2D eigenvalue weighted by Gasteiger charge is -2.13. The van der Waals surface area contributed by atoms with E-state index in [2.05, 4.69) is 0 Å². The van der Waals surface area contributed by atoms with Crippen LogP contribution in [-0.2, 0) is 19.1 Å². The van der Waals surface area contributed by atoms with E-state index in [0.717, 1.165) is 6.08 Å². The van der Waals surface area contributed by atoms with Gasteiger partial charge in [0.15, 0.2) is 0 Å². The summed E-state index contributed by atoms with van der Waals surface area (Å²) in [7, 11) is 0. The van der Waals surface area contributed by atoms with Gasteiger partial charge in [0.1, 0.15) is 17.6 Å². The van der Waals surface area contributed by atoms with Crippen molar-refractivity contribution < 1.29 is 28.2 Å². The van der Waals surface area contributed by atoms with Crippen molar-refractivity contribution in [2.24, 2.45) is 17.3 Å². The van der Waals surface area contributed by atoms with Gasteiger partial charge in [-0.05, 0) is 48.1 Å². The normalized spacial score (nSPS) is 19.7. The lowest BCUT2D eigenvalue weighted by Crippen LogP contribution is -2.14. The van der Waals surface area contributed by atoms with Crippen molar-refractivity contribution in [3.05, 3.63) is 72.1 Å². The van der Waals surface area contributed by atoms with E-state index in [9.17, 15) is 19.2 Å². The molecule has 0 radical (unpaired) electrons. The fraction of sp³-hybridized carbons (Fsp3) is 0.346. The zero-order chi connectivity index (χ0) is 24.0. The molecule has 0 bridgehead atoms. The van der Waals surface area contributed by atoms with E-state index in [0.29, 0.717) is 23.5 Å². The van der Waals surface area contributed by atoms with Crippen molar-refractivity contribution >= 4 is 11.9 Å². The zero-order valence-electron chi connectivity index (χ0n) is 18.8. The van der Waals surface area contributed by atoms with E-state index in [4.69, 9.17) is 14.2 Å². The minimum atomic E-state index is -1.16. The van der Waals surface area contributed by atoms with Crippen molar-refractivity contribution in [2.45, 2.75) is 33.3 Å². The molecule has 0 heterocycles. The molecule has 0 N–H and O–H groups in total. The van der Waals surface area contributed by atoms with Gasteiger partial charge in [0.25, 0.3) is 0 Å². The molecule has 3 atom stereocenters. The predicted octanol–water partition coefficient (Wildman–Crippen LogP) is 5.67. The number of hydrogen-bond donors (Lipinski definition) is 0. The van der Waals surface area contributed by atoms with Crippen LogP contribution in [0.25, 0.3) is 0 Å². The summed E-state index contributed by atoms with van der Waals surface area (Å²) in [6.07, 6.45) is 0.535. The molecule has 6 nitrogen and oxygen atoms in total. The van der Waals surface area contributed by atoms with Gasteiger partial charge in [-0.2, -0.15) is 9.65 Å². The molecule has 0 amide bonds. The molecule has 2 aromatic rings. The van der Waals surface area contributed by atoms with Crippen LogP contribution in [0, 0.1) is 28.6 Å². The average Bonchev–Trinajstić information content (AvgIpc) is 3.35. The topological polar surface area (TPSA) is 85.6 Å². The highest BCUT2D eigenvalue weighted by atomic mass is 19.1. The number of allylic oxidation sites excluding steroid dienone is 1. The fourth-order valence-corrected chi connectivity index (χ4v) is 3.65. The lowest BCUT2D eigenvalue weighted by molar-refractivity contribution is -0.149. The summed E-state index contributed by atoms with van der Waals surface area (Å²) in [5, 5.41) is 9.61. The molecule has 0 spiro atoms. The monoisotopic (exact) mass is 451 g/mol. The number of halogens is 1. The summed E-state index contributed by atoms with van der Waals surface area (Å²) in [6.45, 7) is 5.48. The van der Waals surface area contributed by atoms with Crippen molar-refractivity contribution in [2.75, 3.05) is 6.61 Å². The predicted molar refractivity (Wildman–Crippen MR) is 119 cm³/mol. The third-order valence-electron chi connectivity index (χ3n) is 5.61. The van der Waals surface area contributed by atoms with Gasteiger partial charge in [-0.15, -0.1) is 0 Å². The fourth-order valence-electron chi connectivity index (χ4n) is 3.65. The SMILES string of the molecule is CCCOC(=O)/C(F)=C\[C@H]1[C@@H](C(=O)O[C@H](C#N)c2cccc(Oc3ccccc3)c2)C1(C)C. The van der Waals surface area contributed by atoms with Crippen LogP contribution in [0.2, 0.25) is 0 Å². The van der Waals surface area contributed by atoms with Crippen molar-refractivity contribution in [1.29, 1.82) is 5.26 Å². The molecular weight excluding hydrogens is 425 g/mol. The molecule has 1 fully saturated rings. The number of ether oxygens (including phenoxy) is 3. The van der Waals surface area contributed by atoms with Gasteiger partial charge < -0.3 is 14.2 Å². The molecule has 2 aromatic carbocycles. The highest BCUT2D eigenvalue weighted by molar-refractivity contribution is 5.87. The number of hydrogen-bond acceptors (Lipinski definition) is 6. The summed E-state index contributed by atoms with van der Waals surface area (Å²) in [5.41, 5.74) is -0.156. The van der Waals surface area contributed by atoms with Gasteiger partial charge in [0, 0.05) is 5.56 Å². The molecule has 3 rings (SSSR count). The van der Waals surface area contributed by atoms with Crippen LogP contribution >= 0.6 is 0 Å². The summed E-state index contributed by atoms with van der Waals surface area (Å²) >= 11 is 0. The van der Waals surface area contributed by atoms with E-state index in [1.807, 2.05) is 24.3 Å². The molecule has 33 heavy (non-hydrogen) atoms. The molecule has 172 valence electrons. The van der Waals surface area contributed by atoms with Crippen LogP contribution in [0.4, 0.5) is 4.39 Å². The second kappa shape index (κ2) is 10.3. The van der Waals surface area contributed by atoms with Gasteiger partial charge in [0.2, 0.25) is 11.9 Å². The first-order chi connectivity index (χ1) is 15.8. The molecular formula is C26H26FNO5. The molecule has 0 unspecified atom stereocenters. The molecule has 1 saturated carbocycles. The Morgan fingerprint density at radius 2 is 1.85 bits per heavy atom. The maximum atomic E-state index is 14.2. The molecule has 0 aromatic heterocycles. The minimum absolute atomic E-state index is 0.122. The molecule has 0 saturated heterocycles. The number of para-hydroxylation sites is 1. The highest BCUT2D eigenvalue weighted by Gasteiger charge is 2.62. The second-order valence-corrected chi connectivity index (χ2v) is 8.41. The quantitative estimate of drug-likeness (QED) is 0.361. The van der Waals surface area contributed by atoms with E-state index >= 15 is 0 Å². The van der Waals surface area contributed by atoms with Gasteiger partial charge in [-0.25, -0.2) is 4.79 Å². The van der Waals surface area contributed by atoms with Crippen molar-refractivity contribution in [1.82, 2.24) is 0 Å². The standard InChI is InChI=1S/C26H26FNO5/c1-4-13-31-24(29)21(27)15-20-23(26(20,2)3)25(30)33-22(16-28)17-9-8-12-19(14-17)32-18-10-6-5-7-11-18/h5-12,14-15,20,22-23H,4,13H2,1-3H3/b21-15+/t20-,22+,23-/m0/s1. The first kappa shape index (κ1) is 24.0. The molecule has 1 aliphatic rings. The third kappa shape index (κ3) is 5.78. The zero-order valence-corrected chi connectivity index (χ0v) is 18.8. The second-order valence-electron chi connectivity index (χ2n) is 8.41. The molecule has 7 heteroatoms. The van der Waals surface area contributed by atoms with E-state index < -0.39 is 41.1 Å². The highest BCUT2D eigenvalue weighted by Crippen LogP contribution is 2.60. The third-order valence-corrected chi connectivity index (χ3v) is 5.61. The van der Waals surface area contributed by atoms with Gasteiger partial charge in [0.05, 0.1) is 12.5 Å². The Hall–Kier alpha value is -3.66. The van der Waals surface area contributed by atoms with Crippen molar-refractivity contribution in [3.63, 3.8) is 0 Å². The van der Waals surface area contributed by atoms with Gasteiger partial charge in [-0.1, -0.05) is 51.1 Å². The maximum absolute atomic E-state index is 14.2. The minimum Gasteiger partial charge on any atom is -0.460 e. The summed E-state index contributed by atoms with van der Waals surface area (Å²) in [6, 6.07) is 17.9. The number of esters is 2. The summed E-state index contributed by atoms with van der Waals surface area (Å²) < 4.78 is 30.2. The Morgan fingerprint density at radius 1 is 1.15 bits per heavy atom. The molecule has 0 aliphatic heterocycles. The number of rotatable bonds is 9. The Kier molecular flexibility index (Phi) is 7.49. The van der Waals surface area contributed by atoms with Crippen LogP contribution in [0.5, 0.6) is 11.5 Å². The smallest absolute Gasteiger partial charge is 0.366 e. The first-order valence-electron chi connectivity index (χ1n) is 10.7. The van der Waals surface area contributed by atoms with Crippen LogP contribution in [0.3, 0.4) is 0 Å². The van der Waals surface area contributed by atoms with Gasteiger partial charge in [-0.3, -0.25) is 4.79 Å². The number of carbonyl (C=O) groups excluding carboxylic acids is 2. The van der Waals surface area contributed by atoms with Crippen molar-refractivity contribution in [3.8, 4) is 17.6 Å². The Morgan fingerprint density at radius 3 is 2.52 bits per heavy atom. The van der Waals surface area contributed by atoms with E-state index in [1.54, 1.807) is 57.2 Å². The average molecular weight is 451 g/mol. The summed E-state index contributed by atoms with van der Waals surface area (Å²) in [5.74, 6) is -2.79. The van der Waals surface area contributed by atoms with Crippen LogP contribution in [0.15, 0.2) is 66.5 Å². The maximum Gasteiger partial charge on any atom is 0.366 e. The first-order valence-corrected chi connectivity index (χ1v) is 10.7. The number of benzene rings is 2. The van der Waals surface area contributed by atoms with E-state index in [-0.39, 0.29) is 6.61 Å². The van der Waals surface area contributed by atoms with Crippen LogP contribution in [-0.4, -0.2) is 18.5 Å². The summed E-state index contributed by atoms with van der Waals surface area (Å²) in [4.78, 5) is 24.5. The van der Waals surface area contributed by atoms with Gasteiger partial charge >= 0.3 is 11.9 Å². The van der Waals surface area contributed by atoms with Crippen LogP contribution < -0.4 is 4.74 Å². The number of nitriles is 1. The van der Waals surface area contributed by atoms with Crippen LogP contribution in [0.1, 0.15) is 38.9 Å². The number of carbonyl (C=O) groups is 2. The Labute approximate surface area is 192 Å². The largest absolute Gasteiger partial charge is 0.460 e.